The third kappa shape index (κ3) is 3.83. The second-order valence-electron chi connectivity index (χ2n) is 5.07. The summed E-state index contributed by atoms with van der Waals surface area (Å²) in [6, 6.07) is 16.4. The minimum Gasteiger partial charge on any atom is -0.466 e. The molecule has 1 aliphatic heterocycles. The van der Waals surface area contributed by atoms with E-state index in [9.17, 15) is 9.59 Å². The van der Waals surface area contributed by atoms with E-state index in [1.54, 1.807) is 12.1 Å². The third-order valence-corrected chi connectivity index (χ3v) is 3.90. The lowest BCUT2D eigenvalue weighted by Gasteiger charge is -2.23. The van der Waals surface area contributed by atoms with Crippen molar-refractivity contribution in [2.24, 2.45) is 0 Å². The van der Waals surface area contributed by atoms with Crippen molar-refractivity contribution in [3.8, 4) is 5.75 Å². The van der Waals surface area contributed by atoms with Gasteiger partial charge in [0.1, 0.15) is 12.4 Å². The Hall–Kier alpha value is -2.60. The summed E-state index contributed by atoms with van der Waals surface area (Å²) in [6.07, 6.45) is 1.26. The molecule has 1 aliphatic rings. The van der Waals surface area contributed by atoms with E-state index >= 15 is 0 Å². The summed E-state index contributed by atoms with van der Waals surface area (Å²) >= 11 is 3.34. The number of nitrogens with zero attached hydrogens (tertiary/aromatic N) is 1. The van der Waals surface area contributed by atoms with Crippen LogP contribution in [0.25, 0.3) is 0 Å². The lowest BCUT2D eigenvalue weighted by molar-refractivity contribution is -0.127. The van der Waals surface area contributed by atoms with Gasteiger partial charge in [-0.15, -0.1) is 0 Å². The summed E-state index contributed by atoms with van der Waals surface area (Å²) in [4.78, 5) is 25.1. The number of amides is 2. The van der Waals surface area contributed by atoms with Crippen LogP contribution in [0.1, 0.15) is 5.56 Å². The predicted molar refractivity (Wildman–Crippen MR) is 91.2 cm³/mol. The van der Waals surface area contributed by atoms with E-state index in [1.165, 1.54) is 12.2 Å². The molecule has 0 radical (unpaired) electrons. The standard InChI is InChI=1S/C18H14BrNO4/c19-14-6-8-15(9-7-14)24-17-11-10-16(21)20(17)18(22)23-12-13-4-2-1-3-5-13/h1-11,17H,12H2. The number of rotatable bonds is 4. The van der Waals surface area contributed by atoms with Crippen LogP contribution in [0.5, 0.6) is 5.75 Å². The van der Waals surface area contributed by atoms with Gasteiger partial charge in [-0.05, 0) is 35.9 Å². The Morgan fingerprint density at radius 1 is 1.08 bits per heavy atom. The number of hydrogen-bond donors (Lipinski definition) is 0. The van der Waals surface area contributed by atoms with Crippen molar-refractivity contribution in [1.29, 1.82) is 0 Å². The molecular weight excluding hydrogens is 374 g/mol. The van der Waals surface area contributed by atoms with Gasteiger partial charge in [0.2, 0.25) is 6.23 Å². The molecule has 2 amide bonds. The van der Waals surface area contributed by atoms with Crippen LogP contribution in [0.2, 0.25) is 0 Å². The van der Waals surface area contributed by atoms with E-state index in [-0.39, 0.29) is 6.61 Å². The highest BCUT2D eigenvalue weighted by molar-refractivity contribution is 9.10. The molecule has 2 aromatic rings. The Morgan fingerprint density at radius 2 is 1.79 bits per heavy atom. The maximum absolute atomic E-state index is 12.2. The van der Waals surface area contributed by atoms with Crippen LogP contribution in [0.3, 0.4) is 0 Å². The van der Waals surface area contributed by atoms with Crippen LogP contribution in [-0.4, -0.2) is 23.1 Å². The molecule has 0 fully saturated rings. The van der Waals surface area contributed by atoms with Crippen LogP contribution in [0.15, 0.2) is 71.2 Å². The first kappa shape index (κ1) is 16.3. The van der Waals surface area contributed by atoms with Crippen LogP contribution < -0.4 is 4.74 Å². The van der Waals surface area contributed by atoms with Gasteiger partial charge in [-0.25, -0.2) is 9.69 Å². The average Bonchev–Trinajstić information content (AvgIpc) is 2.96. The minimum atomic E-state index is -0.818. The van der Waals surface area contributed by atoms with Crippen LogP contribution >= 0.6 is 15.9 Å². The molecule has 3 rings (SSSR count). The Morgan fingerprint density at radius 3 is 2.50 bits per heavy atom. The predicted octanol–water partition coefficient (Wildman–Crippen LogP) is 3.89. The van der Waals surface area contributed by atoms with E-state index in [0.29, 0.717) is 5.75 Å². The average molecular weight is 388 g/mol. The first-order valence-corrected chi connectivity index (χ1v) is 8.07. The van der Waals surface area contributed by atoms with Crippen molar-refractivity contribution in [3.63, 3.8) is 0 Å². The first-order valence-electron chi connectivity index (χ1n) is 7.28. The molecule has 24 heavy (non-hydrogen) atoms. The van der Waals surface area contributed by atoms with E-state index in [0.717, 1.165) is 14.9 Å². The Bertz CT molecular complexity index is 758. The van der Waals surface area contributed by atoms with Gasteiger partial charge in [0, 0.05) is 10.5 Å². The lowest BCUT2D eigenvalue weighted by Crippen LogP contribution is -2.42. The zero-order valence-electron chi connectivity index (χ0n) is 12.6. The largest absolute Gasteiger partial charge is 0.466 e. The Balaban J connectivity index is 1.64. The van der Waals surface area contributed by atoms with Crippen molar-refractivity contribution < 1.29 is 19.1 Å². The summed E-state index contributed by atoms with van der Waals surface area (Å²) in [6.45, 7) is 0.0917. The van der Waals surface area contributed by atoms with Crippen molar-refractivity contribution in [1.82, 2.24) is 4.90 Å². The number of ether oxygens (including phenoxy) is 2. The molecule has 122 valence electrons. The number of imide groups is 1. The van der Waals surface area contributed by atoms with Gasteiger partial charge in [-0.1, -0.05) is 46.3 Å². The first-order chi connectivity index (χ1) is 11.6. The highest BCUT2D eigenvalue weighted by atomic mass is 79.9. The summed E-state index contributed by atoms with van der Waals surface area (Å²) < 4.78 is 11.8. The molecule has 1 atom stereocenters. The molecule has 6 heteroatoms. The SMILES string of the molecule is O=C1C=CC(Oc2ccc(Br)cc2)N1C(=O)OCc1ccccc1. The molecule has 0 aromatic heterocycles. The normalized spacial score (nSPS) is 16.3. The van der Waals surface area contributed by atoms with Gasteiger partial charge in [0.15, 0.2) is 0 Å². The molecule has 2 aromatic carbocycles. The topological polar surface area (TPSA) is 55.8 Å². The molecule has 1 unspecified atom stereocenters. The number of halogens is 1. The van der Waals surface area contributed by atoms with E-state index in [1.807, 2.05) is 42.5 Å². The second kappa shape index (κ2) is 7.31. The zero-order chi connectivity index (χ0) is 16.9. The highest BCUT2D eigenvalue weighted by Crippen LogP contribution is 2.21. The van der Waals surface area contributed by atoms with Crippen molar-refractivity contribution in [3.05, 3.63) is 76.8 Å². The maximum Gasteiger partial charge on any atom is 0.420 e. The molecular formula is C18H14BrNO4. The van der Waals surface area contributed by atoms with Gasteiger partial charge in [0.25, 0.3) is 5.91 Å². The van der Waals surface area contributed by atoms with E-state index in [2.05, 4.69) is 15.9 Å². The molecule has 0 N–H and O–H groups in total. The Labute approximate surface area is 147 Å². The number of benzene rings is 2. The number of carbonyl (C=O) groups is 2. The third-order valence-electron chi connectivity index (χ3n) is 3.37. The lowest BCUT2D eigenvalue weighted by atomic mass is 10.2. The number of hydrogen-bond acceptors (Lipinski definition) is 4. The molecule has 0 saturated heterocycles. The highest BCUT2D eigenvalue weighted by Gasteiger charge is 2.34. The number of carbonyl (C=O) groups excluding carboxylic acids is 2. The molecule has 0 spiro atoms. The van der Waals surface area contributed by atoms with Gasteiger partial charge < -0.3 is 9.47 Å². The maximum atomic E-state index is 12.2. The van der Waals surface area contributed by atoms with Gasteiger partial charge in [0.05, 0.1) is 0 Å². The molecule has 0 saturated carbocycles. The fourth-order valence-electron chi connectivity index (χ4n) is 2.18. The fourth-order valence-corrected chi connectivity index (χ4v) is 2.45. The minimum absolute atomic E-state index is 0.0917. The van der Waals surface area contributed by atoms with Crippen LogP contribution in [0.4, 0.5) is 4.79 Å². The summed E-state index contributed by atoms with van der Waals surface area (Å²) in [5.41, 5.74) is 0.843. The molecule has 1 heterocycles. The summed E-state index contributed by atoms with van der Waals surface area (Å²) in [5.74, 6) is 0.0820. The second-order valence-corrected chi connectivity index (χ2v) is 5.99. The van der Waals surface area contributed by atoms with Crippen molar-refractivity contribution in [2.75, 3.05) is 0 Å². The quantitative estimate of drug-likeness (QED) is 0.798. The smallest absolute Gasteiger partial charge is 0.420 e. The molecule has 0 bridgehead atoms. The Kier molecular flexibility index (Phi) is 4.96. The molecule has 0 aliphatic carbocycles. The van der Waals surface area contributed by atoms with Crippen LogP contribution in [-0.2, 0) is 16.1 Å². The van der Waals surface area contributed by atoms with Crippen molar-refractivity contribution in [2.45, 2.75) is 12.8 Å². The zero-order valence-corrected chi connectivity index (χ0v) is 14.2. The van der Waals surface area contributed by atoms with Gasteiger partial charge in [-0.2, -0.15) is 0 Å². The summed E-state index contributed by atoms with van der Waals surface area (Å²) in [7, 11) is 0. The van der Waals surface area contributed by atoms with E-state index in [4.69, 9.17) is 9.47 Å². The van der Waals surface area contributed by atoms with Crippen LogP contribution in [0, 0.1) is 0 Å². The monoisotopic (exact) mass is 387 g/mol. The van der Waals surface area contributed by atoms with Gasteiger partial charge >= 0.3 is 6.09 Å². The fraction of sp³-hybridized carbons (Fsp3) is 0.111. The van der Waals surface area contributed by atoms with Crippen molar-refractivity contribution >= 4 is 27.9 Å². The van der Waals surface area contributed by atoms with Gasteiger partial charge in [-0.3, -0.25) is 4.79 Å². The van der Waals surface area contributed by atoms with E-state index < -0.39 is 18.2 Å². The molecule has 5 nitrogen and oxygen atoms in total. The summed E-state index contributed by atoms with van der Waals surface area (Å²) in [5, 5.41) is 0.